The van der Waals surface area contributed by atoms with Gasteiger partial charge in [-0.3, -0.25) is 9.78 Å². The fourth-order valence-electron chi connectivity index (χ4n) is 2.07. The molecule has 3 aromatic rings. The summed E-state index contributed by atoms with van der Waals surface area (Å²) in [5.41, 5.74) is 1.35. The van der Waals surface area contributed by atoms with E-state index in [0.717, 1.165) is 5.56 Å². The van der Waals surface area contributed by atoms with Crippen molar-refractivity contribution in [3.63, 3.8) is 0 Å². The van der Waals surface area contributed by atoms with Crippen molar-refractivity contribution in [2.45, 2.75) is 32.9 Å². The topological polar surface area (TPSA) is 75.6 Å². The van der Waals surface area contributed by atoms with E-state index >= 15 is 0 Å². The van der Waals surface area contributed by atoms with Crippen molar-refractivity contribution >= 4 is 28.3 Å². The van der Waals surface area contributed by atoms with Crippen LogP contribution in [0.15, 0.2) is 27.8 Å². The van der Waals surface area contributed by atoms with E-state index in [4.69, 9.17) is 0 Å². The fourth-order valence-corrected chi connectivity index (χ4v) is 2.74. The number of anilines is 1. The minimum Gasteiger partial charge on any atom is -0.352 e. The lowest BCUT2D eigenvalue weighted by Gasteiger charge is -2.19. The molecule has 0 spiro atoms. The summed E-state index contributed by atoms with van der Waals surface area (Å²) in [6.45, 7) is 6.71. The number of fused-ring (bicyclic) bond motifs is 1. The zero-order valence-corrected chi connectivity index (χ0v) is 13.0. The molecule has 0 unspecified atom stereocenters. The molecule has 2 N–H and O–H groups in total. The molecule has 110 valence electrons. The lowest BCUT2D eigenvalue weighted by molar-refractivity contribution is 0.366. The van der Waals surface area contributed by atoms with Gasteiger partial charge >= 0.3 is 0 Å². The first-order chi connectivity index (χ1) is 9.95. The highest BCUT2D eigenvalue weighted by Gasteiger charge is 2.19. The Morgan fingerprint density at radius 2 is 2.24 bits per heavy atom. The van der Waals surface area contributed by atoms with E-state index in [0.29, 0.717) is 23.5 Å². The third-order valence-corrected chi connectivity index (χ3v) is 3.85. The maximum atomic E-state index is 12.1. The Hall–Kier alpha value is -2.15. The van der Waals surface area contributed by atoms with Gasteiger partial charge in [0.05, 0.1) is 11.7 Å². The van der Waals surface area contributed by atoms with Crippen LogP contribution >= 0.6 is 11.3 Å². The van der Waals surface area contributed by atoms with Gasteiger partial charge in [-0.15, -0.1) is 0 Å². The van der Waals surface area contributed by atoms with Gasteiger partial charge in [0, 0.05) is 6.54 Å². The molecule has 0 aliphatic heterocycles. The molecule has 21 heavy (non-hydrogen) atoms. The summed E-state index contributed by atoms with van der Waals surface area (Å²) in [6.07, 6.45) is 1.56. The number of nitrogens with zero attached hydrogens (tertiary/aromatic N) is 3. The standard InChI is InChI=1S/C14H17N5OS/c1-14(2,3)19-11-10(7-16-19)12(20)18-13(17-11)15-6-9-4-5-21-8-9/h4-5,7-8H,6H2,1-3H3,(H2,15,17,18,20). The number of thiophene rings is 1. The molecular weight excluding hydrogens is 286 g/mol. The average molecular weight is 303 g/mol. The molecule has 6 nitrogen and oxygen atoms in total. The first kappa shape index (κ1) is 13.8. The first-order valence-electron chi connectivity index (χ1n) is 6.68. The monoisotopic (exact) mass is 303 g/mol. The zero-order chi connectivity index (χ0) is 15.0. The number of rotatable bonds is 3. The lowest BCUT2D eigenvalue weighted by atomic mass is 10.1. The summed E-state index contributed by atoms with van der Waals surface area (Å²) in [4.78, 5) is 19.4. The highest BCUT2D eigenvalue weighted by atomic mass is 32.1. The molecule has 0 saturated carbocycles. The van der Waals surface area contributed by atoms with E-state index in [1.807, 2.05) is 32.2 Å². The summed E-state index contributed by atoms with van der Waals surface area (Å²) in [6, 6.07) is 2.04. The van der Waals surface area contributed by atoms with Crippen LogP contribution in [-0.4, -0.2) is 19.7 Å². The number of hydrogen-bond acceptors (Lipinski definition) is 5. The molecule has 0 fully saturated rings. The van der Waals surface area contributed by atoms with Crippen molar-refractivity contribution in [3.05, 3.63) is 38.9 Å². The molecule has 0 saturated heterocycles. The molecule has 0 atom stereocenters. The fraction of sp³-hybridized carbons (Fsp3) is 0.357. The largest absolute Gasteiger partial charge is 0.352 e. The number of H-pyrrole nitrogens is 1. The summed E-state index contributed by atoms with van der Waals surface area (Å²) in [5, 5.41) is 12.0. The summed E-state index contributed by atoms with van der Waals surface area (Å²) in [7, 11) is 0. The molecule has 0 aromatic carbocycles. The van der Waals surface area contributed by atoms with Crippen LogP contribution in [-0.2, 0) is 12.1 Å². The van der Waals surface area contributed by atoms with E-state index in [2.05, 4.69) is 25.8 Å². The van der Waals surface area contributed by atoms with Crippen LogP contribution < -0.4 is 10.9 Å². The SMILES string of the molecule is CC(C)(C)n1ncc2c(=O)[nH]c(NCc3ccsc3)nc21. The Morgan fingerprint density at radius 1 is 1.43 bits per heavy atom. The van der Waals surface area contributed by atoms with Crippen LogP contribution in [0.2, 0.25) is 0 Å². The Morgan fingerprint density at radius 3 is 2.90 bits per heavy atom. The van der Waals surface area contributed by atoms with E-state index in [1.165, 1.54) is 0 Å². The van der Waals surface area contributed by atoms with Gasteiger partial charge < -0.3 is 5.32 Å². The Bertz CT molecular complexity index is 810. The maximum Gasteiger partial charge on any atom is 0.263 e. The van der Waals surface area contributed by atoms with Crippen LogP contribution in [0, 0.1) is 0 Å². The van der Waals surface area contributed by atoms with Gasteiger partial charge in [-0.05, 0) is 43.2 Å². The van der Waals surface area contributed by atoms with Crippen molar-refractivity contribution in [2.75, 3.05) is 5.32 Å². The second-order valence-corrected chi connectivity index (χ2v) is 6.64. The zero-order valence-electron chi connectivity index (χ0n) is 12.2. The van der Waals surface area contributed by atoms with E-state index in [9.17, 15) is 4.79 Å². The van der Waals surface area contributed by atoms with E-state index in [1.54, 1.807) is 22.2 Å². The van der Waals surface area contributed by atoms with Gasteiger partial charge in [0.15, 0.2) is 5.65 Å². The van der Waals surface area contributed by atoms with Crippen molar-refractivity contribution < 1.29 is 0 Å². The summed E-state index contributed by atoms with van der Waals surface area (Å²) >= 11 is 1.64. The minimum atomic E-state index is -0.229. The van der Waals surface area contributed by atoms with Crippen molar-refractivity contribution in [3.8, 4) is 0 Å². The molecule has 0 radical (unpaired) electrons. The predicted molar refractivity (Wildman–Crippen MR) is 84.8 cm³/mol. The van der Waals surface area contributed by atoms with Crippen LogP contribution in [0.4, 0.5) is 5.95 Å². The summed E-state index contributed by atoms with van der Waals surface area (Å²) < 4.78 is 1.77. The van der Waals surface area contributed by atoms with Crippen LogP contribution in [0.1, 0.15) is 26.3 Å². The van der Waals surface area contributed by atoms with Gasteiger partial charge in [-0.1, -0.05) is 0 Å². The maximum absolute atomic E-state index is 12.1. The Kier molecular flexibility index (Phi) is 3.29. The molecule has 3 rings (SSSR count). The minimum absolute atomic E-state index is 0.177. The van der Waals surface area contributed by atoms with Crippen LogP contribution in [0.5, 0.6) is 0 Å². The number of nitrogens with one attached hydrogen (secondary N) is 2. The summed E-state index contributed by atoms with van der Waals surface area (Å²) in [5.74, 6) is 0.463. The van der Waals surface area contributed by atoms with Crippen molar-refractivity contribution in [1.29, 1.82) is 0 Å². The molecule has 0 amide bonds. The number of aromatic amines is 1. The molecule has 0 aliphatic carbocycles. The second-order valence-electron chi connectivity index (χ2n) is 5.86. The molecular formula is C14H17N5OS. The molecule has 3 heterocycles. The van der Waals surface area contributed by atoms with Crippen molar-refractivity contribution in [2.24, 2.45) is 0 Å². The smallest absolute Gasteiger partial charge is 0.263 e. The Labute approximate surface area is 125 Å². The Balaban J connectivity index is 1.99. The average Bonchev–Trinajstić information content (AvgIpc) is 3.04. The predicted octanol–water partition coefficient (Wildman–Crippen LogP) is 2.55. The van der Waals surface area contributed by atoms with Gasteiger partial charge in [0.1, 0.15) is 5.39 Å². The first-order valence-corrected chi connectivity index (χ1v) is 7.63. The van der Waals surface area contributed by atoms with E-state index in [-0.39, 0.29) is 11.1 Å². The highest BCUT2D eigenvalue weighted by Crippen LogP contribution is 2.18. The second kappa shape index (κ2) is 5.00. The van der Waals surface area contributed by atoms with Crippen molar-refractivity contribution in [1.82, 2.24) is 19.7 Å². The molecule has 3 aromatic heterocycles. The lowest BCUT2D eigenvalue weighted by Crippen LogP contribution is -2.24. The molecule has 0 aliphatic rings. The van der Waals surface area contributed by atoms with Crippen LogP contribution in [0.3, 0.4) is 0 Å². The molecule has 0 bridgehead atoms. The van der Waals surface area contributed by atoms with Gasteiger partial charge in [-0.25, -0.2) is 4.68 Å². The number of hydrogen-bond donors (Lipinski definition) is 2. The normalized spacial score (nSPS) is 12.0. The van der Waals surface area contributed by atoms with E-state index < -0.39 is 0 Å². The van der Waals surface area contributed by atoms with Gasteiger partial charge in [0.25, 0.3) is 5.56 Å². The quantitative estimate of drug-likeness (QED) is 0.779. The van der Waals surface area contributed by atoms with Crippen LogP contribution in [0.25, 0.3) is 11.0 Å². The third kappa shape index (κ3) is 2.69. The molecule has 7 heteroatoms. The number of aromatic nitrogens is 4. The third-order valence-electron chi connectivity index (χ3n) is 3.11. The highest BCUT2D eigenvalue weighted by molar-refractivity contribution is 7.07. The van der Waals surface area contributed by atoms with Gasteiger partial charge in [0.2, 0.25) is 5.95 Å². The van der Waals surface area contributed by atoms with Gasteiger partial charge in [-0.2, -0.15) is 21.4 Å².